The van der Waals surface area contributed by atoms with Crippen molar-refractivity contribution in [3.8, 4) is 5.75 Å². The smallest absolute Gasteiger partial charge is 0.143 e. The monoisotopic (exact) mass is 297 g/mol. The highest BCUT2D eigenvalue weighted by atomic mass is 35.5. The number of rotatable bonds is 1. The Bertz CT molecular complexity index is 633. The van der Waals surface area contributed by atoms with E-state index in [1.54, 1.807) is 24.3 Å². The molecule has 2 nitrogen and oxygen atoms in total. The maximum Gasteiger partial charge on any atom is 0.143 e. The molecule has 2 aromatic rings. The SMILES string of the molecule is Fc1ccc(C2CNc3cc(Cl)ccc3O2)c(Cl)c1. The predicted molar refractivity (Wildman–Crippen MR) is 74.7 cm³/mol. The topological polar surface area (TPSA) is 21.3 Å². The number of nitrogens with one attached hydrogen (secondary N) is 1. The minimum atomic E-state index is -0.357. The molecule has 1 aliphatic rings. The van der Waals surface area contributed by atoms with Crippen LogP contribution in [0.1, 0.15) is 11.7 Å². The molecule has 1 aliphatic heterocycles. The van der Waals surface area contributed by atoms with Gasteiger partial charge in [-0.15, -0.1) is 0 Å². The molecule has 0 amide bonds. The van der Waals surface area contributed by atoms with Crippen LogP contribution in [0.15, 0.2) is 36.4 Å². The second-order valence-corrected chi connectivity index (χ2v) is 5.14. The van der Waals surface area contributed by atoms with E-state index in [4.69, 9.17) is 27.9 Å². The highest BCUT2D eigenvalue weighted by molar-refractivity contribution is 6.31. The molecule has 98 valence electrons. The summed E-state index contributed by atoms with van der Waals surface area (Å²) in [7, 11) is 0. The fraction of sp³-hybridized carbons (Fsp3) is 0.143. The Labute approximate surface area is 120 Å². The highest BCUT2D eigenvalue weighted by Gasteiger charge is 2.23. The first kappa shape index (κ1) is 12.6. The Kier molecular flexibility index (Phi) is 3.25. The van der Waals surface area contributed by atoms with Gasteiger partial charge in [0.05, 0.1) is 17.3 Å². The van der Waals surface area contributed by atoms with Crippen LogP contribution in [0.3, 0.4) is 0 Å². The predicted octanol–water partition coefficient (Wildman–Crippen LogP) is 4.68. The fourth-order valence-electron chi connectivity index (χ4n) is 2.08. The first-order chi connectivity index (χ1) is 9.13. The normalized spacial score (nSPS) is 17.3. The van der Waals surface area contributed by atoms with Crippen LogP contribution in [0, 0.1) is 5.82 Å². The summed E-state index contributed by atoms with van der Waals surface area (Å²) in [5.74, 6) is 0.353. The Morgan fingerprint density at radius 3 is 2.79 bits per heavy atom. The van der Waals surface area contributed by atoms with E-state index in [1.165, 1.54) is 12.1 Å². The lowest BCUT2D eigenvalue weighted by Crippen LogP contribution is -2.23. The van der Waals surface area contributed by atoms with Crippen molar-refractivity contribution in [1.82, 2.24) is 0 Å². The van der Waals surface area contributed by atoms with Gasteiger partial charge in [0.1, 0.15) is 17.7 Å². The zero-order valence-electron chi connectivity index (χ0n) is 9.79. The van der Waals surface area contributed by atoms with E-state index in [-0.39, 0.29) is 11.9 Å². The summed E-state index contributed by atoms with van der Waals surface area (Å²) >= 11 is 12.0. The van der Waals surface area contributed by atoms with E-state index in [1.807, 2.05) is 0 Å². The van der Waals surface area contributed by atoms with Gasteiger partial charge in [0, 0.05) is 10.6 Å². The van der Waals surface area contributed by atoms with Crippen molar-refractivity contribution < 1.29 is 9.13 Å². The molecule has 1 heterocycles. The van der Waals surface area contributed by atoms with Crippen molar-refractivity contribution in [1.29, 1.82) is 0 Å². The molecule has 3 rings (SSSR count). The third-order valence-electron chi connectivity index (χ3n) is 3.00. The number of halogens is 3. The average Bonchev–Trinajstić information content (AvgIpc) is 2.38. The molecule has 0 spiro atoms. The van der Waals surface area contributed by atoms with Gasteiger partial charge >= 0.3 is 0 Å². The van der Waals surface area contributed by atoms with E-state index in [0.717, 1.165) is 11.3 Å². The van der Waals surface area contributed by atoms with Crippen molar-refractivity contribution in [2.45, 2.75) is 6.10 Å². The van der Waals surface area contributed by atoms with Gasteiger partial charge in [-0.25, -0.2) is 4.39 Å². The second kappa shape index (κ2) is 4.91. The van der Waals surface area contributed by atoms with Gasteiger partial charge in [0.2, 0.25) is 0 Å². The Morgan fingerprint density at radius 1 is 1.16 bits per heavy atom. The van der Waals surface area contributed by atoms with Crippen LogP contribution >= 0.6 is 23.2 Å². The number of benzene rings is 2. The zero-order chi connectivity index (χ0) is 13.4. The van der Waals surface area contributed by atoms with Crippen LogP contribution in [-0.2, 0) is 0 Å². The largest absolute Gasteiger partial charge is 0.482 e. The average molecular weight is 298 g/mol. The molecule has 5 heteroatoms. The molecular weight excluding hydrogens is 288 g/mol. The van der Waals surface area contributed by atoms with Gasteiger partial charge in [-0.2, -0.15) is 0 Å². The minimum absolute atomic E-state index is 0.248. The van der Waals surface area contributed by atoms with Crippen molar-refractivity contribution in [2.24, 2.45) is 0 Å². The molecule has 0 radical (unpaired) electrons. The summed E-state index contributed by atoms with van der Waals surface area (Å²) in [4.78, 5) is 0. The third kappa shape index (κ3) is 2.48. The molecule has 19 heavy (non-hydrogen) atoms. The lowest BCUT2D eigenvalue weighted by molar-refractivity contribution is 0.210. The molecule has 2 aromatic carbocycles. The molecular formula is C14H10Cl2FNO. The maximum atomic E-state index is 13.0. The number of hydrogen-bond acceptors (Lipinski definition) is 2. The van der Waals surface area contributed by atoms with Crippen LogP contribution < -0.4 is 10.1 Å². The summed E-state index contributed by atoms with van der Waals surface area (Å²) in [5.41, 5.74) is 1.61. The highest BCUT2D eigenvalue weighted by Crippen LogP contribution is 2.37. The quantitative estimate of drug-likeness (QED) is 0.825. The first-order valence-electron chi connectivity index (χ1n) is 5.78. The van der Waals surface area contributed by atoms with Gasteiger partial charge in [-0.1, -0.05) is 29.3 Å². The molecule has 0 saturated heterocycles. The Balaban J connectivity index is 1.91. The number of anilines is 1. The molecule has 0 fully saturated rings. The van der Waals surface area contributed by atoms with Crippen LogP contribution in [0.4, 0.5) is 10.1 Å². The van der Waals surface area contributed by atoms with Crippen LogP contribution in [-0.4, -0.2) is 6.54 Å². The number of fused-ring (bicyclic) bond motifs is 1. The Morgan fingerprint density at radius 2 is 2.00 bits per heavy atom. The van der Waals surface area contributed by atoms with Gasteiger partial charge in [0.25, 0.3) is 0 Å². The number of hydrogen-bond donors (Lipinski definition) is 1. The summed E-state index contributed by atoms with van der Waals surface area (Å²) in [6.07, 6.45) is -0.248. The lowest BCUT2D eigenvalue weighted by Gasteiger charge is -2.28. The van der Waals surface area contributed by atoms with Gasteiger partial charge in [-0.05, 0) is 30.3 Å². The fourth-order valence-corrected chi connectivity index (χ4v) is 2.54. The number of ether oxygens (including phenoxy) is 1. The van der Waals surface area contributed by atoms with Crippen LogP contribution in [0.25, 0.3) is 0 Å². The zero-order valence-corrected chi connectivity index (χ0v) is 11.3. The minimum Gasteiger partial charge on any atom is -0.482 e. The maximum absolute atomic E-state index is 13.0. The molecule has 0 aliphatic carbocycles. The summed E-state index contributed by atoms with van der Waals surface area (Å²) < 4.78 is 18.9. The summed E-state index contributed by atoms with van der Waals surface area (Å²) in [6, 6.07) is 9.68. The molecule has 0 saturated carbocycles. The summed E-state index contributed by atoms with van der Waals surface area (Å²) in [6.45, 7) is 0.554. The third-order valence-corrected chi connectivity index (χ3v) is 3.56. The molecule has 1 atom stereocenters. The lowest BCUT2D eigenvalue weighted by atomic mass is 10.1. The second-order valence-electron chi connectivity index (χ2n) is 4.29. The van der Waals surface area contributed by atoms with E-state index in [0.29, 0.717) is 22.3 Å². The van der Waals surface area contributed by atoms with Crippen molar-refractivity contribution in [3.05, 3.63) is 57.8 Å². The standard InChI is InChI=1S/C14H10Cl2FNO/c15-8-1-4-13-12(5-8)18-7-14(19-13)10-3-2-9(17)6-11(10)16/h1-6,14,18H,7H2. The van der Waals surface area contributed by atoms with E-state index in [2.05, 4.69) is 5.32 Å². The van der Waals surface area contributed by atoms with E-state index < -0.39 is 0 Å². The van der Waals surface area contributed by atoms with Crippen molar-refractivity contribution in [2.75, 3.05) is 11.9 Å². The van der Waals surface area contributed by atoms with E-state index in [9.17, 15) is 4.39 Å². The molecule has 0 aromatic heterocycles. The van der Waals surface area contributed by atoms with Gasteiger partial charge in [0.15, 0.2) is 0 Å². The van der Waals surface area contributed by atoms with Gasteiger partial charge in [-0.3, -0.25) is 0 Å². The van der Waals surface area contributed by atoms with Crippen LogP contribution in [0.2, 0.25) is 10.0 Å². The first-order valence-corrected chi connectivity index (χ1v) is 6.54. The van der Waals surface area contributed by atoms with Gasteiger partial charge < -0.3 is 10.1 Å². The van der Waals surface area contributed by atoms with E-state index >= 15 is 0 Å². The molecule has 0 bridgehead atoms. The van der Waals surface area contributed by atoms with Crippen molar-refractivity contribution >= 4 is 28.9 Å². The molecule has 1 unspecified atom stereocenters. The van der Waals surface area contributed by atoms with Crippen LogP contribution in [0.5, 0.6) is 5.75 Å². The Hall–Kier alpha value is -1.45. The van der Waals surface area contributed by atoms with Crippen molar-refractivity contribution in [3.63, 3.8) is 0 Å². The summed E-state index contributed by atoms with van der Waals surface area (Å²) in [5, 5.41) is 4.24. The molecule has 1 N–H and O–H groups in total.